The van der Waals surface area contributed by atoms with Gasteiger partial charge < -0.3 is 0 Å². The Balaban J connectivity index is 2.12. The van der Waals surface area contributed by atoms with Gasteiger partial charge in [0.05, 0.1) is 15.9 Å². The van der Waals surface area contributed by atoms with Gasteiger partial charge in [-0.2, -0.15) is 5.10 Å². The van der Waals surface area contributed by atoms with Crippen LogP contribution in [0.3, 0.4) is 0 Å². The molecule has 0 saturated carbocycles. The lowest BCUT2D eigenvalue weighted by Crippen LogP contribution is -2.01. The number of hydrogen-bond donors (Lipinski definition) is 0. The third kappa shape index (κ3) is 2.98. The number of thioether (sulfide) groups is 1. The zero-order chi connectivity index (χ0) is 13.1. The lowest BCUT2D eigenvalue weighted by Gasteiger charge is -2.05. The SMILES string of the molecule is CCn1nc(C)c(Br)c1CSc1ccc(C)cc1. The molecule has 0 radical (unpaired) electrons. The lowest BCUT2D eigenvalue weighted by atomic mass is 10.2. The summed E-state index contributed by atoms with van der Waals surface area (Å²) < 4.78 is 3.21. The number of rotatable bonds is 4. The molecule has 0 aliphatic carbocycles. The van der Waals surface area contributed by atoms with E-state index in [4.69, 9.17) is 0 Å². The third-order valence-electron chi connectivity index (χ3n) is 2.85. The highest BCUT2D eigenvalue weighted by Crippen LogP contribution is 2.29. The molecule has 1 heterocycles. The first-order chi connectivity index (χ1) is 8.61. The second-order valence-corrected chi connectivity index (χ2v) is 6.11. The van der Waals surface area contributed by atoms with E-state index < -0.39 is 0 Å². The second-order valence-electron chi connectivity index (χ2n) is 4.26. The molecule has 0 spiro atoms. The number of aromatic nitrogens is 2. The molecule has 0 saturated heterocycles. The average Bonchev–Trinajstić information content (AvgIpc) is 2.65. The first kappa shape index (κ1) is 13.7. The number of nitrogens with zero attached hydrogens (tertiary/aromatic N) is 2. The van der Waals surface area contributed by atoms with Crippen LogP contribution in [0.5, 0.6) is 0 Å². The van der Waals surface area contributed by atoms with Crippen LogP contribution < -0.4 is 0 Å². The van der Waals surface area contributed by atoms with Crippen molar-refractivity contribution in [3.8, 4) is 0 Å². The van der Waals surface area contributed by atoms with Crippen LogP contribution in [0, 0.1) is 13.8 Å². The van der Waals surface area contributed by atoms with Gasteiger partial charge in [0, 0.05) is 17.2 Å². The Morgan fingerprint density at radius 1 is 1.22 bits per heavy atom. The summed E-state index contributed by atoms with van der Waals surface area (Å²) in [5.74, 6) is 0.943. The van der Waals surface area contributed by atoms with E-state index in [9.17, 15) is 0 Å². The molecule has 2 nitrogen and oxygen atoms in total. The molecular formula is C14H17BrN2S. The quantitative estimate of drug-likeness (QED) is 0.766. The number of aryl methyl sites for hydroxylation is 3. The fourth-order valence-corrected chi connectivity index (χ4v) is 3.33. The van der Waals surface area contributed by atoms with Gasteiger partial charge in [0.25, 0.3) is 0 Å². The highest BCUT2D eigenvalue weighted by atomic mass is 79.9. The summed E-state index contributed by atoms with van der Waals surface area (Å²) in [6.45, 7) is 7.19. The second kappa shape index (κ2) is 5.93. The normalized spacial score (nSPS) is 10.9. The minimum Gasteiger partial charge on any atom is -0.268 e. The summed E-state index contributed by atoms with van der Waals surface area (Å²) in [5, 5.41) is 4.51. The summed E-state index contributed by atoms with van der Waals surface area (Å²) in [5.41, 5.74) is 3.63. The molecular weight excluding hydrogens is 308 g/mol. The molecule has 4 heteroatoms. The maximum absolute atomic E-state index is 4.51. The van der Waals surface area contributed by atoms with E-state index >= 15 is 0 Å². The summed E-state index contributed by atoms with van der Waals surface area (Å²) in [4.78, 5) is 1.30. The fraction of sp³-hybridized carbons (Fsp3) is 0.357. The summed E-state index contributed by atoms with van der Waals surface area (Å²) in [6, 6.07) is 8.65. The highest BCUT2D eigenvalue weighted by molar-refractivity contribution is 9.10. The van der Waals surface area contributed by atoms with Crippen molar-refractivity contribution in [2.24, 2.45) is 0 Å². The lowest BCUT2D eigenvalue weighted by molar-refractivity contribution is 0.631. The summed E-state index contributed by atoms with van der Waals surface area (Å²) >= 11 is 5.48. The van der Waals surface area contributed by atoms with E-state index in [1.807, 2.05) is 18.7 Å². The molecule has 0 atom stereocenters. The van der Waals surface area contributed by atoms with Crippen LogP contribution in [-0.4, -0.2) is 9.78 Å². The first-order valence-corrected chi connectivity index (χ1v) is 7.81. The van der Waals surface area contributed by atoms with Gasteiger partial charge in [-0.25, -0.2) is 0 Å². The largest absolute Gasteiger partial charge is 0.268 e. The van der Waals surface area contributed by atoms with E-state index in [1.165, 1.54) is 16.2 Å². The Bertz CT molecular complexity index is 531. The van der Waals surface area contributed by atoms with Crippen LogP contribution in [0.25, 0.3) is 0 Å². The van der Waals surface area contributed by atoms with Crippen molar-refractivity contribution in [3.63, 3.8) is 0 Å². The van der Waals surface area contributed by atoms with E-state index in [0.29, 0.717) is 0 Å². The molecule has 0 unspecified atom stereocenters. The van der Waals surface area contributed by atoms with E-state index in [0.717, 1.165) is 22.5 Å². The Morgan fingerprint density at radius 2 is 1.89 bits per heavy atom. The minimum atomic E-state index is 0.913. The number of benzene rings is 1. The van der Waals surface area contributed by atoms with E-state index in [-0.39, 0.29) is 0 Å². The van der Waals surface area contributed by atoms with Crippen LogP contribution in [0.1, 0.15) is 23.9 Å². The van der Waals surface area contributed by atoms with Crippen LogP contribution >= 0.6 is 27.7 Å². The minimum absolute atomic E-state index is 0.913. The van der Waals surface area contributed by atoms with Crippen molar-refractivity contribution < 1.29 is 0 Å². The van der Waals surface area contributed by atoms with Crippen LogP contribution in [-0.2, 0) is 12.3 Å². The van der Waals surface area contributed by atoms with Gasteiger partial charge in [-0.05, 0) is 48.8 Å². The molecule has 1 aromatic heterocycles. The molecule has 0 N–H and O–H groups in total. The summed E-state index contributed by atoms with van der Waals surface area (Å²) in [6.07, 6.45) is 0. The topological polar surface area (TPSA) is 17.8 Å². The Labute approximate surface area is 121 Å². The first-order valence-electron chi connectivity index (χ1n) is 6.03. The van der Waals surface area contributed by atoms with Crippen LogP contribution in [0.15, 0.2) is 33.6 Å². The molecule has 2 rings (SSSR count). The van der Waals surface area contributed by atoms with Gasteiger partial charge in [-0.15, -0.1) is 11.8 Å². The standard InChI is InChI=1S/C14H17BrN2S/c1-4-17-13(14(15)11(3)16-17)9-18-12-7-5-10(2)6-8-12/h5-8H,4,9H2,1-3H3. The molecule has 0 aliphatic heterocycles. The maximum atomic E-state index is 4.51. The molecule has 1 aromatic carbocycles. The summed E-state index contributed by atoms with van der Waals surface area (Å²) in [7, 11) is 0. The Morgan fingerprint density at radius 3 is 2.50 bits per heavy atom. The molecule has 0 fully saturated rings. The monoisotopic (exact) mass is 324 g/mol. The van der Waals surface area contributed by atoms with Gasteiger partial charge in [-0.3, -0.25) is 4.68 Å². The Hall–Kier alpha value is -0.740. The van der Waals surface area contributed by atoms with Gasteiger partial charge in [0.1, 0.15) is 0 Å². The van der Waals surface area contributed by atoms with E-state index in [2.05, 4.69) is 63.8 Å². The number of hydrogen-bond acceptors (Lipinski definition) is 2. The van der Waals surface area contributed by atoms with Crippen LogP contribution in [0.2, 0.25) is 0 Å². The maximum Gasteiger partial charge on any atom is 0.0739 e. The number of halogens is 1. The molecule has 0 aliphatic rings. The van der Waals surface area contributed by atoms with Crippen molar-refractivity contribution in [2.75, 3.05) is 0 Å². The molecule has 0 bridgehead atoms. The average molecular weight is 325 g/mol. The van der Waals surface area contributed by atoms with E-state index in [1.54, 1.807) is 0 Å². The molecule has 2 aromatic rings. The van der Waals surface area contributed by atoms with Gasteiger partial charge in [-0.1, -0.05) is 17.7 Å². The van der Waals surface area contributed by atoms with Gasteiger partial charge in [0.15, 0.2) is 0 Å². The van der Waals surface area contributed by atoms with Crippen molar-refractivity contribution >= 4 is 27.7 Å². The fourth-order valence-electron chi connectivity index (χ4n) is 1.79. The molecule has 18 heavy (non-hydrogen) atoms. The van der Waals surface area contributed by atoms with Crippen molar-refractivity contribution in [1.82, 2.24) is 9.78 Å². The van der Waals surface area contributed by atoms with Crippen LogP contribution in [0.4, 0.5) is 0 Å². The van der Waals surface area contributed by atoms with Crippen molar-refractivity contribution in [2.45, 2.75) is 38.0 Å². The predicted molar refractivity (Wildman–Crippen MR) is 81.1 cm³/mol. The zero-order valence-electron chi connectivity index (χ0n) is 10.9. The molecule has 96 valence electrons. The Kier molecular flexibility index (Phi) is 4.51. The smallest absolute Gasteiger partial charge is 0.0739 e. The highest BCUT2D eigenvalue weighted by Gasteiger charge is 2.11. The predicted octanol–water partition coefficient (Wildman–Crippen LogP) is 4.57. The van der Waals surface area contributed by atoms with Crippen molar-refractivity contribution in [1.29, 1.82) is 0 Å². The third-order valence-corrected chi connectivity index (χ3v) is 4.90. The van der Waals surface area contributed by atoms with Crippen molar-refractivity contribution in [3.05, 3.63) is 45.7 Å². The molecule has 0 amide bonds. The van der Waals surface area contributed by atoms with Gasteiger partial charge >= 0.3 is 0 Å². The van der Waals surface area contributed by atoms with Gasteiger partial charge in [0.2, 0.25) is 0 Å². The zero-order valence-corrected chi connectivity index (χ0v) is 13.3.